The molecule has 112 valence electrons. The number of aliphatic hydroxyl groups is 1. The van der Waals surface area contributed by atoms with E-state index in [1.54, 1.807) is 12.1 Å². The van der Waals surface area contributed by atoms with Crippen molar-refractivity contribution in [2.24, 2.45) is 0 Å². The molecule has 1 unspecified atom stereocenters. The van der Waals surface area contributed by atoms with Crippen LogP contribution in [0.1, 0.15) is 30.1 Å². The van der Waals surface area contributed by atoms with Crippen molar-refractivity contribution in [1.29, 1.82) is 0 Å². The van der Waals surface area contributed by atoms with Crippen LogP contribution < -0.4 is 5.32 Å². The summed E-state index contributed by atoms with van der Waals surface area (Å²) in [7, 11) is 0. The second-order valence-electron chi connectivity index (χ2n) is 4.91. The minimum absolute atomic E-state index is 0.00221. The van der Waals surface area contributed by atoms with Gasteiger partial charge in [-0.15, -0.1) is 0 Å². The molecule has 6 heteroatoms. The Balaban J connectivity index is 2.12. The lowest BCUT2D eigenvalue weighted by Gasteiger charge is -2.13. The molecule has 3 N–H and O–H groups in total. The van der Waals surface area contributed by atoms with Gasteiger partial charge in [0.2, 0.25) is 0 Å². The highest BCUT2D eigenvalue weighted by Gasteiger charge is 2.16. The number of carbonyl (C=O) groups is 1. The molecule has 0 fully saturated rings. The number of hydrogen-bond donors (Lipinski definition) is 3. The van der Waals surface area contributed by atoms with Gasteiger partial charge in [0.15, 0.2) is 0 Å². The van der Waals surface area contributed by atoms with Gasteiger partial charge in [-0.25, -0.2) is 0 Å². The smallest absolute Gasteiger partial charge is 0.255 e. The number of aromatic nitrogens is 2. The Morgan fingerprint density at radius 2 is 2.14 bits per heavy atom. The van der Waals surface area contributed by atoms with Gasteiger partial charge < -0.3 is 10.4 Å². The van der Waals surface area contributed by atoms with Crippen LogP contribution >= 0.6 is 11.6 Å². The second-order valence-corrected chi connectivity index (χ2v) is 5.34. The molecule has 1 aromatic heterocycles. The van der Waals surface area contributed by atoms with Crippen LogP contribution in [0.3, 0.4) is 0 Å². The number of rotatable bonds is 6. The second kappa shape index (κ2) is 7.24. The van der Waals surface area contributed by atoms with Crippen LogP contribution in [0.25, 0.3) is 11.3 Å². The number of carbonyl (C=O) groups excluding carboxylic acids is 1. The summed E-state index contributed by atoms with van der Waals surface area (Å²) in [4.78, 5) is 12.3. The number of halogens is 1. The van der Waals surface area contributed by atoms with Crippen molar-refractivity contribution in [2.75, 3.05) is 6.61 Å². The van der Waals surface area contributed by atoms with Crippen LogP contribution in [-0.4, -0.2) is 33.9 Å². The molecule has 1 atom stereocenters. The van der Waals surface area contributed by atoms with Crippen molar-refractivity contribution < 1.29 is 9.90 Å². The van der Waals surface area contributed by atoms with Gasteiger partial charge in [0.1, 0.15) is 0 Å². The first-order valence-corrected chi connectivity index (χ1v) is 7.20. The zero-order valence-corrected chi connectivity index (χ0v) is 12.5. The van der Waals surface area contributed by atoms with Gasteiger partial charge in [0.25, 0.3) is 5.91 Å². The zero-order chi connectivity index (χ0) is 15.2. The Bertz CT molecular complexity index is 595. The van der Waals surface area contributed by atoms with Crippen LogP contribution in [0.5, 0.6) is 0 Å². The van der Waals surface area contributed by atoms with E-state index in [1.165, 1.54) is 6.20 Å². The molecule has 21 heavy (non-hydrogen) atoms. The summed E-state index contributed by atoms with van der Waals surface area (Å²) in [6.45, 7) is 2.04. The number of hydrogen-bond acceptors (Lipinski definition) is 3. The average Bonchev–Trinajstić information content (AvgIpc) is 2.95. The lowest BCUT2D eigenvalue weighted by molar-refractivity contribution is 0.0937. The number of aliphatic hydroxyl groups excluding tert-OH is 1. The van der Waals surface area contributed by atoms with E-state index in [-0.39, 0.29) is 18.6 Å². The number of aromatic amines is 1. The van der Waals surface area contributed by atoms with Crippen molar-refractivity contribution in [3.8, 4) is 11.3 Å². The largest absolute Gasteiger partial charge is 0.396 e. The normalized spacial score (nSPS) is 12.1. The third-order valence-corrected chi connectivity index (χ3v) is 3.44. The Hall–Kier alpha value is -1.85. The van der Waals surface area contributed by atoms with Crippen LogP contribution in [0.2, 0.25) is 5.02 Å². The molecule has 1 heterocycles. The third-order valence-electron chi connectivity index (χ3n) is 3.19. The van der Waals surface area contributed by atoms with E-state index in [4.69, 9.17) is 16.7 Å². The summed E-state index contributed by atoms with van der Waals surface area (Å²) >= 11 is 5.87. The zero-order valence-electron chi connectivity index (χ0n) is 11.8. The van der Waals surface area contributed by atoms with Crippen molar-refractivity contribution >= 4 is 17.5 Å². The van der Waals surface area contributed by atoms with Gasteiger partial charge in [-0.3, -0.25) is 9.89 Å². The highest BCUT2D eigenvalue weighted by atomic mass is 35.5. The molecular formula is C15H18ClN3O2. The molecule has 2 aromatic rings. The van der Waals surface area contributed by atoms with Gasteiger partial charge >= 0.3 is 0 Å². The molecular weight excluding hydrogens is 290 g/mol. The first-order valence-electron chi connectivity index (χ1n) is 6.83. The number of H-pyrrole nitrogens is 1. The maximum atomic E-state index is 12.3. The van der Waals surface area contributed by atoms with Crippen molar-refractivity contribution in [2.45, 2.75) is 25.8 Å². The molecule has 1 aromatic carbocycles. The fourth-order valence-corrected chi connectivity index (χ4v) is 2.19. The van der Waals surface area contributed by atoms with Gasteiger partial charge in [-0.1, -0.05) is 23.7 Å². The van der Waals surface area contributed by atoms with Crippen molar-refractivity contribution in [3.05, 3.63) is 41.0 Å². The highest BCUT2D eigenvalue weighted by Crippen LogP contribution is 2.23. The fourth-order valence-electron chi connectivity index (χ4n) is 2.07. The standard InChI is InChI=1S/C15H18ClN3O2/c1-10(3-2-8-20)18-15(21)13-9-17-19-14(13)11-4-6-12(16)7-5-11/h4-7,9-10,20H,2-3,8H2,1H3,(H,17,19)(H,18,21). The first-order chi connectivity index (χ1) is 10.1. The Morgan fingerprint density at radius 1 is 1.43 bits per heavy atom. The molecule has 1 amide bonds. The quantitative estimate of drug-likeness (QED) is 0.767. The summed E-state index contributed by atoms with van der Waals surface area (Å²) in [5.41, 5.74) is 2.01. The van der Waals surface area contributed by atoms with E-state index in [9.17, 15) is 4.79 Å². The predicted molar refractivity (Wildman–Crippen MR) is 82.3 cm³/mol. The monoisotopic (exact) mass is 307 g/mol. The summed E-state index contributed by atoms with van der Waals surface area (Å²) in [6.07, 6.45) is 2.91. The maximum Gasteiger partial charge on any atom is 0.255 e. The lowest BCUT2D eigenvalue weighted by atomic mass is 10.1. The molecule has 0 saturated heterocycles. The molecule has 0 aliphatic carbocycles. The van der Waals surface area contributed by atoms with E-state index < -0.39 is 0 Å². The minimum Gasteiger partial charge on any atom is -0.396 e. The number of benzene rings is 1. The topological polar surface area (TPSA) is 78.0 Å². The summed E-state index contributed by atoms with van der Waals surface area (Å²) < 4.78 is 0. The molecule has 0 spiro atoms. The Morgan fingerprint density at radius 3 is 2.81 bits per heavy atom. The number of amides is 1. The minimum atomic E-state index is -0.181. The van der Waals surface area contributed by atoms with Crippen LogP contribution in [-0.2, 0) is 0 Å². The average molecular weight is 308 g/mol. The summed E-state index contributed by atoms with van der Waals surface area (Å²) in [6, 6.07) is 7.20. The molecule has 5 nitrogen and oxygen atoms in total. The van der Waals surface area contributed by atoms with Crippen molar-refractivity contribution in [1.82, 2.24) is 15.5 Å². The van der Waals surface area contributed by atoms with Gasteiger partial charge in [0.05, 0.1) is 17.5 Å². The van der Waals surface area contributed by atoms with Crippen LogP contribution in [0.4, 0.5) is 0 Å². The fraction of sp³-hybridized carbons (Fsp3) is 0.333. The summed E-state index contributed by atoms with van der Waals surface area (Å²) in [5.74, 6) is -0.181. The predicted octanol–water partition coefficient (Wildman–Crippen LogP) is 2.62. The molecule has 0 aliphatic rings. The van der Waals surface area contributed by atoms with E-state index >= 15 is 0 Å². The maximum absolute atomic E-state index is 12.3. The molecule has 0 aliphatic heterocycles. The Labute approximate surface area is 128 Å². The Kier molecular flexibility index (Phi) is 5.36. The van der Waals surface area contributed by atoms with E-state index in [2.05, 4.69) is 15.5 Å². The molecule has 2 rings (SSSR count). The lowest BCUT2D eigenvalue weighted by Crippen LogP contribution is -2.32. The van der Waals surface area contributed by atoms with E-state index in [1.807, 2.05) is 19.1 Å². The SMILES string of the molecule is CC(CCCO)NC(=O)c1cn[nH]c1-c1ccc(Cl)cc1. The number of nitrogens with one attached hydrogen (secondary N) is 2. The molecule has 0 radical (unpaired) electrons. The van der Waals surface area contributed by atoms with Crippen LogP contribution in [0, 0.1) is 0 Å². The van der Waals surface area contributed by atoms with Crippen molar-refractivity contribution in [3.63, 3.8) is 0 Å². The number of nitrogens with zero attached hydrogens (tertiary/aromatic N) is 1. The highest BCUT2D eigenvalue weighted by molar-refractivity contribution is 6.30. The van der Waals surface area contributed by atoms with Gasteiger partial charge in [-0.2, -0.15) is 5.10 Å². The molecule has 0 bridgehead atoms. The third kappa shape index (κ3) is 4.06. The molecule has 0 saturated carbocycles. The van der Waals surface area contributed by atoms with Gasteiger partial charge in [0, 0.05) is 23.2 Å². The van der Waals surface area contributed by atoms with Crippen LogP contribution in [0.15, 0.2) is 30.5 Å². The first kappa shape index (κ1) is 15.5. The summed E-state index contributed by atoms with van der Waals surface area (Å²) in [5, 5.41) is 19.2. The van der Waals surface area contributed by atoms with E-state index in [0.29, 0.717) is 22.7 Å². The van der Waals surface area contributed by atoms with E-state index in [0.717, 1.165) is 12.0 Å². The van der Waals surface area contributed by atoms with Gasteiger partial charge in [-0.05, 0) is 31.9 Å².